The molecule has 0 saturated carbocycles. The SMILES string of the molecule is CC(Oc1ccccc1C(F)(F)F)C(=O)Nc1nc(C2CCNCC2)nn1C.Cl. The summed E-state index contributed by atoms with van der Waals surface area (Å²) in [5.41, 5.74) is -0.929. The van der Waals surface area contributed by atoms with E-state index in [1.807, 2.05) is 0 Å². The van der Waals surface area contributed by atoms with Gasteiger partial charge in [-0.3, -0.25) is 10.1 Å². The van der Waals surface area contributed by atoms with E-state index >= 15 is 0 Å². The van der Waals surface area contributed by atoms with Gasteiger partial charge in [0, 0.05) is 13.0 Å². The zero-order valence-electron chi connectivity index (χ0n) is 16.0. The fraction of sp³-hybridized carbons (Fsp3) is 0.500. The molecular formula is C18H23ClF3N5O2. The summed E-state index contributed by atoms with van der Waals surface area (Å²) in [6.07, 6.45) is -3.90. The maximum Gasteiger partial charge on any atom is 0.419 e. The van der Waals surface area contributed by atoms with E-state index in [2.05, 4.69) is 20.7 Å². The van der Waals surface area contributed by atoms with Gasteiger partial charge in [0.05, 0.1) is 5.56 Å². The molecule has 1 aliphatic rings. The number of rotatable bonds is 5. The van der Waals surface area contributed by atoms with Crippen molar-refractivity contribution in [2.24, 2.45) is 7.05 Å². The maximum atomic E-state index is 13.1. The minimum atomic E-state index is -4.57. The number of anilines is 1. The zero-order chi connectivity index (χ0) is 20.3. The third kappa shape index (κ3) is 5.60. The van der Waals surface area contributed by atoms with Crippen molar-refractivity contribution in [3.05, 3.63) is 35.7 Å². The molecule has 1 amide bonds. The van der Waals surface area contributed by atoms with Gasteiger partial charge < -0.3 is 10.1 Å². The Balaban J connectivity index is 0.00000300. The number of aryl methyl sites for hydroxylation is 1. The summed E-state index contributed by atoms with van der Waals surface area (Å²) in [5.74, 6) is 0.0918. The smallest absolute Gasteiger partial charge is 0.419 e. The maximum absolute atomic E-state index is 13.1. The second-order valence-electron chi connectivity index (χ2n) is 6.68. The molecule has 0 spiro atoms. The predicted octanol–water partition coefficient (Wildman–Crippen LogP) is 3.13. The fourth-order valence-corrected chi connectivity index (χ4v) is 3.03. The molecule has 0 radical (unpaired) electrons. The zero-order valence-corrected chi connectivity index (χ0v) is 16.8. The minimum Gasteiger partial charge on any atom is -0.480 e. The molecule has 1 aromatic carbocycles. The van der Waals surface area contributed by atoms with Gasteiger partial charge in [0.25, 0.3) is 5.91 Å². The average Bonchev–Trinajstić information content (AvgIpc) is 3.02. The molecule has 160 valence electrons. The molecular weight excluding hydrogens is 411 g/mol. The van der Waals surface area contributed by atoms with Gasteiger partial charge in [-0.15, -0.1) is 12.4 Å². The average molecular weight is 434 g/mol. The van der Waals surface area contributed by atoms with Crippen LogP contribution in [0.2, 0.25) is 0 Å². The number of piperidine rings is 1. The van der Waals surface area contributed by atoms with Crippen LogP contribution in [0.25, 0.3) is 0 Å². The van der Waals surface area contributed by atoms with Crippen LogP contribution in [-0.2, 0) is 18.0 Å². The van der Waals surface area contributed by atoms with Gasteiger partial charge in [0.2, 0.25) is 5.95 Å². The van der Waals surface area contributed by atoms with Crippen LogP contribution in [0.1, 0.15) is 37.1 Å². The number of hydrogen-bond donors (Lipinski definition) is 2. The Morgan fingerprint density at radius 1 is 1.31 bits per heavy atom. The number of amides is 1. The fourth-order valence-electron chi connectivity index (χ4n) is 3.03. The molecule has 2 heterocycles. The summed E-state index contributed by atoms with van der Waals surface area (Å²) in [6, 6.07) is 4.78. The number of carbonyl (C=O) groups is 1. The molecule has 7 nitrogen and oxygen atoms in total. The molecule has 2 N–H and O–H groups in total. The van der Waals surface area contributed by atoms with Crippen LogP contribution >= 0.6 is 12.4 Å². The monoisotopic (exact) mass is 433 g/mol. The third-order valence-corrected chi connectivity index (χ3v) is 4.58. The lowest BCUT2D eigenvalue weighted by molar-refractivity contribution is -0.140. The summed E-state index contributed by atoms with van der Waals surface area (Å²) in [4.78, 5) is 16.8. The Labute approximate surface area is 172 Å². The van der Waals surface area contributed by atoms with Crippen LogP contribution in [0, 0.1) is 0 Å². The van der Waals surface area contributed by atoms with Crippen molar-refractivity contribution in [3.8, 4) is 5.75 Å². The van der Waals surface area contributed by atoms with E-state index < -0.39 is 29.5 Å². The van der Waals surface area contributed by atoms with Gasteiger partial charge in [0.1, 0.15) is 5.75 Å². The molecule has 1 aromatic heterocycles. The number of halogens is 4. The molecule has 1 atom stereocenters. The number of benzene rings is 1. The van der Waals surface area contributed by atoms with Crippen molar-refractivity contribution in [1.29, 1.82) is 0 Å². The van der Waals surface area contributed by atoms with Gasteiger partial charge in [0.15, 0.2) is 11.9 Å². The number of nitrogens with one attached hydrogen (secondary N) is 2. The Kier molecular flexibility index (Phi) is 7.48. The number of ether oxygens (including phenoxy) is 1. The number of hydrogen-bond acceptors (Lipinski definition) is 5. The van der Waals surface area contributed by atoms with Crippen LogP contribution in [0.3, 0.4) is 0 Å². The number of nitrogens with zero attached hydrogens (tertiary/aromatic N) is 3. The summed E-state index contributed by atoms with van der Waals surface area (Å²) in [5, 5.41) is 10.2. The first-order valence-corrected chi connectivity index (χ1v) is 9.01. The van der Waals surface area contributed by atoms with E-state index in [1.54, 1.807) is 7.05 Å². The van der Waals surface area contributed by atoms with Crippen molar-refractivity contribution < 1.29 is 22.7 Å². The van der Waals surface area contributed by atoms with Crippen LogP contribution in [0.15, 0.2) is 24.3 Å². The normalized spacial score (nSPS) is 16.0. The molecule has 1 aliphatic heterocycles. The summed E-state index contributed by atoms with van der Waals surface area (Å²) in [6.45, 7) is 3.15. The first kappa shape index (κ1) is 23.0. The molecule has 1 fully saturated rings. The molecule has 29 heavy (non-hydrogen) atoms. The van der Waals surface area contributed by atoms with E-state index in [0.717, 1.165) is 32.0 Å². The first-order chi connectivity index (χ1) is 13.3. The molecule has 1 saturated heterocycles. The van der Waals surface area contributed by atoms with Crippen molar-refractivity contribution >= 4 is 24.3 Å². The first-order valence-electron chi connectivity index (χ1n) is 9.01. The van der Waals surface area contributed by atoms with Crippen molar-refractivity contribution in [2.45, 2.75) is 38.0 Å². The van der Waals surface area contributed by atoms with E-state index in [-0.39, 0.29) is 24.3 Å². The highest BCUT2D eigenvalue weighted by atomic mass is 35.5. The van der Waals surface area contributed by atoms with Crippen LogP contribution < -0.4 is 15.4 Å². The van der Waals surface area contributed by atoms with Crippen LogP contribution in [-0.4, -0.2) is 39.9 Å². The van der Waals surface area contributed by atoms with Crippen molar-refractivity contribution in [2.75, 3.05) is 18.4 Å². The predicted molar refractivity (Wildman–Crippen MR) is 103 cm³/mol. The molecule has 3 rings (SSSR count). The Morgan fingerprint density at radius 2 is 1.97 bits per heavy atom. The highest BCUT2D eigenvalue weighted by molar-refractivity contribution is 5.92. The quantitative estimate of drug-likeness (QED) is 0.757. The van der Waals surface area contributed by atoms with Gasteiger partial charge in [-0.2, -0.15) is 23.3 Å². The highest BCUT2D eigenvalue weighted by Crippen LogP contribution is 2.36. The molecule has 1 unspecified atom stereocenters. The molecule has 2 aromatic rings. The Bertz CT molecular complexity index is 837. The largest absolute Gasteiger partial charge is 0.480 e. The Hall–Kier alpha value is -2.33. The van der Waals surface area contributed by atoms with E-state index in [4.69, 9.17) is 4.74 Å². The van der Waals surface area contributed by atoms with Gasteiger partial charge in [-0.25, -0.2) is 4.68 Å². The molecule has 0 bridgehead atoms. The van der Waals surface area contributed by atoms with Gasteiger partial charge in [-0.05, 0) is 45.0 Å². The number of para-hydroxylation sites is 1. The number of carbonyl (C=O) groups excluding carboxylic acids is 1. The topological polar surface area (TPSA) is 81.1 Å². The molecule has 0 aliphatic carbocycles. The lowest BCUT2D eigenvalue weighted by Crippen LogP contribution is -2.31. The Morgan fingerprint density at radius 3 is 2.62 bits per heavy atom. The number of alkyl halides is 3. The van der Waals surface area contributed by atoms with Gasteiger partial charge >= 0.3 is 6.18 Å². The summed E-state index contributed by atoms with van der Waals surface area (Å²) >= 11 is 0. The minimum absolute atomic E-state index is 0. The molecule has 11 heteroatoms. The second kappa shape index (κ2) is 9.45. The third-order valence-electron chi connectivity index (χ3n) is 4.58. The van der Waals surface area contributed by atoms with Crippen molar-refractivity contribution in [1.82, 2.24) is 20.1 Å². The lowest BCUT2D eigenvalue weighted by atomic mass is 9.98. The second-order valence-corrected chi connectivity index (χ2v) is 6.68. The summed E-state index contributed by atoms with van der Waals surface area (Å²) < 4.78 is 45.9. The summed E-state index contributed by atoms with van der Waals surface area (Å²) in [7, 11) is 1.65. The van der Waals surface area contributed by atoms with Crippen LogP contribution in [0.4, 0.5) is 19.1 Å². The van der Waals surface area contributed by atoms with E-state index in [9.17, 15) is 18.0 Å². The lowest BCUT2D eigenvalue weighted by Gasteiger charge is -2.19. The highest BCUT2D eigenvalue weighted by Gasteiger charge is 2.35. The van der Waals surface area contributed by atoms with Crippen molar-refractivity contribution in [3.63, 3.8) is 0 Å². The van der Waals surface area contributed by atoms with E-state index in [1.165, 1.54) is 29.8 Å². The van der Waals surface area contributed by atoms with E-state index in [0.29, 0.717) is 5.82 Å². The van der Waals surface area contributed by atoms with Crippen LogP contribution in [0.5, 0.6) is 5.75 Å². The van der Waals surface area contributed by atoms with Gasteiger partial charge in [-0.1, -0.05) is 12.1 Å². The number of aromatic nitrogens is 3. The standard InChI is InChI=1S/C18H22F3N5O2.ClH/c1-11(28-14-6-4-3-5-13(14)18(19,20)21)16(27)24-17-23-15(25-26(17)2)12-7-9-22-10-8-12;/h3-6,11-12,22H,7-10H2,1-2H3,(H,23,24,25,27);1H.